The van der Waals surface area contributed by atoms with E-state index in [1.54, 1.807) is 0 Å². The molecule has 24 heavy (non-hydrogen) atoms. The molecule has 0 spiro atoms. The van der Waals surface area contributed by atoms with Crippen LogP contribution >= 0.6 is 0 Å². The minimum absolute atomic E-state index is 0.510. The third-order valence-electron chi connectivity index (χ3n) is 4.07. The maximum Gasteiger partial charge on any atom is 0.245 e. The summed E-state index contributed by atoms with van der Waals surface area (Å²) in [5, 5.41) is 8.63. The molecule has 120 valence electrons. The lowest BCUT2D eigenvalue weighted by molar-refractivity contribution is 0.378. The second-order valence-electron chi connectivity index (χ2n) is 5.79. The lowest BCUT2D eigenvalue weighted by Crippen LogP contribution is -2.00. The fourth-order valence-corrected chi connectivity index (χ4v) is 2.84. The SMILES string of the molecule is Cn1ccc2c(NCc3nc(Cc4ccccc4)no3)cccc21. The van der Waals surface area contributed by atoms with E-state index < -0.39 is 0 Å². The van der Waals surface area contributed by atoms with Crippen molar-refractivity contribution in [2.24, 2.45) is 7.05 Å². The summed E-state index contributed by atoms with van der Waals surface area (Å²) in [7, 11) is 2.04. The van der Waals surface area contributed by atoms with Crippen molar-refractivity contribution in [2.45, 2.75) is 13.0 Å². The number of hydrogen-bond donors (Lipinski definition) is 1. The molecule has 0 radical (unpaired) electrons. The molecule has 5 heteroatoms. The molecule has 0 amide bonds. The van der Waals surface area contributed by atoms with Gasteiger partial charge in [0, 0.05) is 36.3 Å². The van der Waals surface area contributed by atoms with E-state index in [1.165, 1.54) is 16.5 Å². The van der Waals surface area contributed by atoms with Gasteiger partial charge >= 0.3 is 0 Å². The Kier molecular flexibility index (Phi) is 3.75. The first-order chi connectivity index (χ1) is 11.8. The Morgan fingerprint density at radius 3 is 2.79 bits per heavy atom. The predicted octanol–water partition coefficient (Wildman–Crippen LogP) is 3.76. The van der Waals surface area contributed by atoms with Gasteiger partial charge in [-0.3, -0.25) is 0 Å². The number of rotatable bonds is 5. The summed E-state index contributed by atoms with van der Waals surface area (Å²) in [5.41, 5.74) is 3.43. The average molecular weight is 318 g/mol. The Hall–Kier alpha value is -3.08. The molecule has 0 aliphatic carbocycles. The average Bonchev–Trinajstić information content (AvgIpc) is 3.21. The summed E-state index contributed by atoms with van der Waals surface area (Å²) in [4.78, 5) is 4.46. The van der Waals surface area contributed by atoms with E-state index in [2.05, 4.69) is 56.6 Å². The van der Waals surface area contributed by atoms with Crippen LogP contribution in [0.2, 0.25) is 0 Å². The Balaban J connectivity index is 1.46. The lowest BCUT2D eigenvalue weighted by Gasteiger charge is -2.05. The van der Waals surface area contributed by atoms with Crippen molar-refractivity contribution in [1.82, 2.24) is 14.7 Å². The monoisotopic (exact) mass is 318 g/mol. The summed E-state index contributed by atoms with van der Waals surface area (Å²) in [5.74, 6) is 1.30. The largest absolute Gasteiger partial charge is 0.376 e. The van der Waals surface area contributed by atoms with E-state index in [-0.39, 0.29) is 0 Å². The van der Waals surface area contributed by atoms with Crippen molar-refractivity contribution in [1.29, 1.82) is 0 Å². The molecule has 0 saturated heterocycles. The molecule has 2 heterocycles. The first-order valence-electron chi connectivity index (χ1n) is 7.93. The highest BCUT2D eigenvalue weighted by molar-refractivity contribution is 5.92. The van der Waals surface area contributed by atoms with Gasteiger partial charge in [-0.25, -0.2) is 0 Å². The first-order valence-corrected chi connectivity index (χ1v) is 7.93. The van der Waals surface area contributed by atoms with Crippen LogP contribution in [0, 0.1) is 0 Å². The van der Waals surface area contributed by atoms with Crippen LogP contribution in [0.15, 0.2) is 65.3 Å². The van der Waals surface area contributed by atoms with E-state index in [1.807, 2.05) is 31.3 Å². The number of fused-ring (bicyclic) bond motifs is 1. The van der Waals surface area contributed by atoms with Gasteiger partial charge in [0.2, 0.25) is 5.89 Å². The van der Waals surface area contributed by atoms with Crippen molar-refractivity contribution < 1.29 is 4.52 Å². The van der Waals surface area contributed by atoms with Crippen LogP contribution < -0.4 is 5.32 Å². The highest BCUT2D eigenvalue weighted by Crippen LogP contribution is 2.24. The van der Waals surface area contributed by atoms with Gasteiger partial charge in [-0.05, 0) is 23.8 Å². The van der Waals surface area contributed by atoms with E-state index in [4.69, 9.17) is 4.52 Å². The number of benzene rings is 2. The zero-order valence-electron chi connectivity index (χ0n) is 13.4. The molecule has 0 aliphatic rings. The molecule has 0 unspecified atom stereocenters. The van der Waals surface area contributed by atoms with Crippen LogP contribution in [-0.2, 0) is 20.0 Å². The smallest absolute Gasteiger partial charge is 0.245 e. The summed E-state index contributed by atoms with van der Waals surface area (Å²) in [6, 6.07) is 18.4. The molecule has 2 aromatic heterocycles. The maximum absolute atomic E-state index is 5.35. The normalized spacial score (nSPS) is 11.0. The van der Waals surface area contributed by atoms with Crippen molar-refractivity contribution in [3.8, 4) is 0 Å². The third kappa shape index (κ3) is 2.88. The number of aryl methyl sites for hydroxylation is 1. The third-order valence-corrected chi connectivity index (χ3v) is 4.07. The number of nitrogens with one attached hydrogen (secondary N) is 1. The molecule has 0 bridgehead atoms. The van der Waals surface area contributed by atoms with E-state index in [9.17, 15) is 0 Å². The molecule has 5 nitrogen and oxygen atoms in total. The van der Waals surface area contributed by atoms with Crippen molar-refractivity contribution in [3.63, 3.8) is 0 Å². The van der Waals surface area contributed by atoms with Gasteiger partial charge < -0.3 is 14.4 Å². The summed E-state index contributed by atoms with van der Waals surface area (Å²) >= 11 is 0. The van der Waals surface area contributed by atoms with Gasteiger partial charge in [-0.15, -0.1) is 0 Å². The minimum Gasteiger partial charge on any atom is -0.376 e. The number of anilines is 1. The summed E-state index contributed by atoms with van der Waals surface area (Å²) in [6.07, 6.45) is 2.74. The fraction of sp³-hybridized carbons (Fsp3) is 0.158. The van der Waals surface area contributed by atoms with Crippen molar-refractivity contribution in [2.75, 3.05) is 5.32 Å². The van der Waals surface area contributed by atoms with Crippen LogP contribution in [0.1, 0.15) is 17.3 Å². The molecule has 0 fully saturated rings. The lowest BCUT2D eigenvalue weighted by atomic mass is 10.1. The molecular formula is C19H18N4O. The van der Waals surface area contributed by atoms with Crippen LogP contribution in [0.5, 0.6) is 0 Å². The summed E-state index contributed by atoms with van der Waals surface area (Å²) < 4.78 is 7.45. The summed E-state index contributed by atoms with van der Waals surface area (Å²) in [6.45, 7) is 0.510. The van der Waals surface area contributed by atoms with Crippen LogP contribution in [0.25, 0.3) is 10.9 Å². The van der Waals surface area contributed by atoms with Crippen LogP contribution in [0.3, 0.4) is 0 Å². The zero-order chi connectivity index (χ0) is 16.4. The minimum atomic E-state index is 0.510. The molecule has 0 aliphatic heterocycles. The molecular weight excluding hydrogens is 300 g/mol. The molecule has 0 atom stereocenters. The second-order valence-corrected chi connectivity index (χ2v) is 5.79. The highest BCUT2D eigenvalue weighted by atomic mass is 16.5. The number of aromatic nitrogens is 3. The molecule has 4 rings (SSSR count). The van der Waals surface area contributed by atoms with E-state index >= 15 is 0 Å². The molecule has 0 saturated carbocycles. The van der Waals surface area contributed by atoms with Crippen molar-refractivity contribution in [3.05, 3.63) is 78.1 Å². The molecule has 4 aromatic rings. The van der Waals surface area contributed by atoms with Gasteiger partial charge in [0.1, 0.15) is 0 Å². The maximum atomic E-state index is 5.35. The zero-order valence-corrected chi connectivity index (χ0v) is 13.4. The second kappa shape index (κ2) is 6.20. The number of hydrogen-bond acceptors (Lipinski definition) is 4. The fourth-order valence-electron chi connectivity index (χ4n) is 2.84. The van der Waals surface area contributed by atoms with Gasteiger partial charge in [0.25, 0.3) is 0 Å². The van der Waals surface area contributed by atoms with Gasteiger partial charge in [0.05, 0.1) is 6.54 Å². The first kappa shape index (κ1) is 14.5. The van der Waals surface area contributed by atoms with Gasteiger partial charge in [-0.1, -0.05) is 41.6 Å². The topological polar surface area (TPSA) is 55.9 Å². The Labute approximate surface area is 139 Å². The van der Waals surface area contributed by atoms with Gasteiger partial charge in [0.15, 0.2) is 5.82 Å². The standard InChI is InChI=1S/C19H18N4O/c1-23-11-10-15-16(8-5-9-17(15)23)20-13-19-21-18(22-24-19)12-14-6-3-2-4-7-14/h2-11,20H,12-13H2,1H3. The van der Waals surface area contributed by atoms with Crippen LogP contribution in [0.4, 0.5) is 5.69 Å². The van der Waals surface area contributed by atoms with Crippen molar-refractivity contribution >= 4 is 16.6 Å². The highest BCUT2D eigenvalue weighted by Gasteiger charge is 2.08. The molecule has 1 N–H and O–H groups in total. The Bertz CT molecular complexity index is 956. The Morgan fingerprint density at radius 2 is 1.92 bits per heavy atom. The number of nitrogens with zero attached hydrogens (tertiary/aromatic N) is 3. The van der Waals surface area contributed by atoms with E-state index in [0.29, 0.717) is 24.7 Å². The quantitative estimate of drug-likeness (QED) is 0.608. The Morgan fingerprint density at radius 1 is 1.04 bits per heavy atom. The van der Waals surface area contributed by atoms with Gasteiger partial charge in [-0.2, -0.15) is 4.98 Å². The predicted molar refractivity (Wildman–Crippen MR) is 93.8 cm³/mol. The van der Waals surface area contributed by atoms with E-state index in [0.717, 1.165) is 5.69 Å². The van der Waals surface area contributed by atoms with Crippen LogP contribution in [-0.4, -0.2) is 14.7 Å². The molecule has 2 aromatic carbocycles.